The molecule has 2 aromatic carbocycles. The van der Waals surface area contributed by atoms with Crippen LogP contribution in [0.25, 0.3) is 0 Å². The Balaban J connectivity index is 1.85. The highest BCUT2D eigenvalue weighted by Gasteiger charge is 2.20. The average Bonchev–Trinajstić information content (AvgIpc) is 2.92. The van der Waals surface area contributed by atoms with Crippen LogP contribution < -0.4 is 10.6 Å². The molecule has 0 saturated carbocycles. The summed E-state index contributed by atoms with van der Waals surface area (Å²) in [5.41, 5.74) is 10.9. The van der Waals surface area contributed by atoms with E-state index in [1.54, 1.807) is 0 Å². The molecule has 3 nitrogen and oxygen atoms in total. The molecule has 2 aromatic rings. The van der Waals surface area contributed by atoms with Gasteiger partial charge in [0.15, 0.2) is 0 Å². The van der Waals surface area contributed by atoms with Crippen molar-refractivity contribution in [1.29, 1.82) is 0 Å². The fraction of sp³-hybridized carbons (Fsp3) is 0.235. The molecule has 20 heavy (non-hydrogen) atoms. The largest absolute Gasteiger partial charge is 0.369 e. The number of rotatable bonds is 2. The zero-order chi connectivity index (χ0) is 13.9. The predicted octanol–water partition coefficient (Wildman–Crippen LogP) is 3.26. The standard InChI is InChI=1S/C17H19N3/c1-2-13-7-9-15(10-8-13)19-17(18)20-12-11-14-5-3-4-6-16(14)20/h3-10H,2,11-12H2,1H3,(H2,18,19). The molecular weight excluding hydrogens is 246 g/mol. The average molecular weight is 265 g/mol. The van der Waals surface area contributed by atoms with Gasteiger partial charge in [0.25, 0.3) is 0 Å². The Hall–Kier alpha value is -2.29. The summed E-state index contributed by atoms with van der Waals surface area (Å²) in [5.74, 6) is 0.569. The van der Waals surface area contributed by atoms with Crippen molar-refractivity contribution >= 4 is 17.3 Å². The van der Waals surface area contributed by atoms with Crippen molar-refractivity contribution in [3.8, 4) is 0 Å². The summed E-state index contributed by atoms with van der Waals surface area (Å²) in [6, 6.07) is 16.6. The van der Waals surface area contributed by atoms with E-state index in [1.807, 2.05) is 18.2 Å². The van der Waals surface area contributed by atoms with E-state index < -0.39 is 0 Å². The zero-order valence-electron chi connectivity index (χ0n) is 11.7. The maximum Gasteiger partial charge on any atom is 0.201 e. The number of nitrogens with two attached hydrogens (primary N) is 1. The second-order valence-electron chi connectivity index (χ2n) is 5.02. The van der Waals surface area contributed by atoms with Crippen molar-refractivity contribution in [2.45, 2.75) is 19.8 Å². The molecule has 3 rings (SSSR count). The van der Waals surface area contributed by atoms with E-state index in [1.165, 1.54) is 16.8 Å². The molecule has 1 aliphatic rings. The molecular formula is C17H19N3. The lowest BCUT2D eigenvalue weighted by atomic mass is 10.1. The molecule has 0 atom stereocenters. The lowest BCUT2D eigenvalue weighted by molar-refractivity contribution is 1.01. The fourth-order valence-corrected chi connectivity index (χ4v) is 2.58. The summed E-state index contributed by atoms with van der Waals surface area (Å²) in [6.07, 6.45) is 2.07. The van der Waals surface area contributed by atoms with Crippen LogP contribution in [-0.4, -0.2) is 12.5 Å². The van der Waals surface area contributed by atoms with Gasteiger partial charge in [-0.05, 0) is 42.2 Å². The van der Waals surface area contributed by atoms with Crippen molar-refractivity contribution in [3.63, 3.8) is 0 Å². The molecule has 0 radical (unpaired) electrons. The number of hydrogen-bond acceptors (Lipinski definition) is 1. The summed E-state index contributed by atoms with van der Waals surface area (Å²) in [6.45, 7) is 3.05. The van der Waals surface area contributed by atoms with Crippen molar-refractivity contribution in [2.75, 3.05) is 11.4 Å². The van der Waals surface area contributed by atoms with Crippen LogP contribution in [0.4, 0.5) is 11.4 Å². The number of aliphatic imine (C=N–C) groups is 1. The first kappa shape index (κ1) is 12.7. The van der Waals surface area contributed by atoms with Gasteiger partial charge >= 0.3 is 0 Å². The highest BCUT2D eigenvalue weighted by atomic mass is 15.3. The van der Waals surface area contributed by atoms with Gasteiger partial charge in [0, 0.05) is 12.2 Å². The molecule has 0 spiro atoms. The molecule has 0 amide bonds. The number of para-hydroxylation sites is 1. The number of benzene rings is 2. The fourth-order valence-electron chi connectivity index (χ4n) is 2.58. The van der Waals surface area contributed by atoms with Gasteiger partial charge in [0.2, 0.25) is 5.96 Å². The quantitative estimate of drug-likeness (QED) is 0.669. The minimum Gasteiger partial charge on any atom is -0.369 e. The van der Waals surface area contributed by atoms with E-state index in [9.17, 15) is 0 Å². The number of anilines is 1. The molecule has 0 aliphatic carbocycles. The Labute approximate surface area is 119 Å². The minimum absolute atomic E-state index is 0.569. The minimum atomic E-state index is 0.569. The number of fused-ring (bicyclic) bond motifs is 1. The van der Waals surface area contributed by atoms with E-state index in [0.29, 0.717) is 5.96 Å². The van der Waals surface area contributed by atoms with Gasteiger partial charge < -0.3 is 10.6 Å². The first-order valence-corrected chi connectivity index (χ1v) is 7.06. The van der Waals surface area contributed by atoms with Crippen LogP contribution in [0.3, 0.4) is 0 Å². The first-order valence-electron chi connectivity index (χ1n) is 7.06. The third-order valence-corrected chi connectivity index (χ3v) is 3.75. The normalized spacial score (nSPS) is 14.4. The second-order valence-corrected chi connectivity index (χ2v) is 5.02. The van der Waals surface area contributed by atoms with Crippen LogP contribution in [0.5, 0.6) is 0 Å². The maximum absolute atomic E-state index is 6.17. The highest BCUT2D eigenvalue weighted by Crippen LogP contribution is 2.27. The Kier molecular flexibility index (Phi) is 3.42. The first-order chi connectivity index (χ1) is 9.78. The topological polar surface area (TPSA) is 41.6 Å². The van der Waals surface area contributed by atoms with Crippen LogP contribution in [0.15, 0.2) is 53.5 Å². The van der Waals surface area contributed by atoms with Crippen LogP contribution in [0.1, 0.15) is 18.1 Å². The van der Waals surface area contributed by atoms with Gasteiger partial charge in [-0.2, -0.15) is 0 Å². The molecule has 3 heteroatoms. The molecule has 0 unspecified atom stereocenters. The SMILES string of the molecule is CCc1ccc(N=C(N)N2CCc3ccccc32)cc1. The van der Waals surface area contributed by atoms with Gasteiger partial charge in [0.05, 0.1) is 5.69 Å². The monoisotopic (exact) mass is 265 g/mol. The molecule has 2 N–H and O–H groups in total. The lowest BCUT2D eigenvalue weighted by Gasteiger charge is -2.18. The molecule has 0 aromatic heterocycles. The van der Waals surface area contributed by atoms with E-state index in [-0.39, 0.29) is 0 Å². The Morgan fingerprint density at radius 1 is 1.15 bits per heavy atom. The summed E-state index contributed by atoms with van der Waals surface area (Å²) < 4.78 is 0. The third kappa shape index (κ3) is 2.39. The van der Waals surface area contributed by atoms with Crippen molar-refractivity contribution < 1.29 is 0 Å². The van der Waals surface area contributed by atoms with E-state index in [0.717, 1.165) is 25.1 Å². The molecule has 0 fully saturated rings. The van der Waals surface area contributed by atoms with Crippen LogP contribution >= 0.6 is 0 Å². The second kappa shape index (κ2) is 5.37. The lowest BCUT2D eigenvalue weighted by Crippen LogP contribution is -2.35. The Morgan fingerprint density at radius 2 is 1.90 bits per heavy atom. The summed E-state index contributed by atoms with van der Waals surface area (Å²) in [7, 11) is 0. The molecule has 0 saturated heterocycles. The molecule has 0 bridgehead atoms. The molecule has 1 aliphatic heterocycles. The van der Waals surface area contributed by atoms with Gasteiger partial charge in [-0.25, -0.2) is 4.99 Å². The van der Waals surface area contributed by atoms with Crippen molar-refractivity contribution in [1.82, 2.24) is 0 Å². The Bertz CT molecular complexity index is 629. The van der Waals surface area contributed by atoms with Crippen molar-refractivity contribution in [3.05, 3.63) is 59.7 Å². The zero-order valence-corrected chi connectivity index (χ0v) is 11.7. The van der Waals surface area contributed by atoms with Crippen molar-refractivity contribution in [2.24, 2.45) is 10.7 Å². The van der Waals surface area contributed by atoms with Gasteiger partial charge in [-0.1, -0.05) is 37.3 Å². The van der Waals surface area contributed by atoms with Gasteiger partial charge in [-0.15, -0.1) is 0 Å². The van der Waals surface area contributed by atoms with E-state index in [2.05, 4.69) is 47.1 Å². The van der Waals surface area contributed by atoms with Crippen LogP contribution in [0, 0.1) is 0 Å². The number of aryl methyl sites for hydroxylation is 1. The summed E-state index contributed by atoms with van der Waals surface area (Å²) >= 11 is 0. The number of hydrogen-bond donors (Lipinski definition) is 1. The number of nitrogens with zero attached hydrogens (tertiary/aromatic N) is 2. The van der Waals surface area contributed by atoms with Gasteiger partial charge in [0.1, 0.15) is 0 Å². The van der Waals surface area contributed by atoms with E-state index in [4.69, 9.17) is 5.73 Å². The summed E-state index contributed by atoms with van der Waals surface area (Å²) in [4.78, 5) is 6.62. The predicted molar refractivity (Wildman–Crippen MR) is 84.6 cm³/mol. The van der Waals surface area contributed by atoms with Gasteiger partial charge in [-0.3, -0.25) is 0 Å². The highest BCUT2D eigenvalue weighted by molar-refractivity contribution is 5.98. The number of guanidine groups is 1. The van der Waals surface area contributed by atoms with E-state index >= 15 is 0 Å². The third-order valence-electron chi connectivity index (χ3n) is 3.75. The van der Waals surface area contributed by atoms with Crippen LogP contribution in [-0.2, 0) is 12.8 Å². The summed E-state index contributed by atoms with van der Waals surface area (Å²) in [5, 5.41) is 0. The molecule has 102 valence electrons. The Morgan fingerprint density at radius 3 is 2.65 bits per heavy atom. The maximum atomic E-state index is 6.17. The smallest absolute Gasteiger partial charge is 0.201 e. The van der Waals surface area contributed by atoms with Crippen LogP contribution in [0.2, 0.25) is 0 Å². The molecule has 1 heterocycles.